The summed E-state index contributed by atoms with van der Waals surface area (Å²) < 4.78 is 1.21. The van der Waals surface area contributed by atoms with Gasteiger partial charge in [-0.1, -0.05) is 34.1 Å². The van der Waals surface area contributed by atoms with Gasteiger partial charge in [0.05, 0.1) is 0 Å². The lowest BCUT2D eigenvalue weighted by Gasteiger charge is -2.37. The topological polar surface area (TPSA) is 44.4 Å². The predicted molar refractivity (Wildman–Crippen MR) is 85.0 cm³/mol. The van der Waals surface area contributed by atoms with Gasteiger partial charge in [0, 0.05) is 37.7 Å². The van der Waals surface area contributed by atoms with Gasteiger partial charge >= 0.3 is 6.03 Å². The summed E-state index contributed by atoms with van der Waals surface area (Å²) in [4.78, 5) is 12.9. The van der Waals surface area contributed by atoms with Crippen molar-refractivity contribution in [3.05, 3.63) is 34.3 Å². The molecule has 0 radical (unpaired) electrons. The molecule has 0 aromatic heterocycles. The fraction of sp³-hybridized carbons (Fsp3) is 0.533. The van der Waals surface area contributed by atoms with Gasteiger partial charge in [0.25, 0.3) is 0 Å². The molecule has 20 heavy (non-hydrogen) atoms. The van der Waals surface area contributed by atoms with E-state index in [1.165, 1.54) is 22.9 Å². The highest BCUT2D eigenvalue weighted by Gasteiger charge is 2.30. The summed E-state index contributed by atoms with van der Waals surface area (Å²) in [7, 11) is 3.49. The molecule has 110 valence electrons. The molecule has 1 fully saturated rings. The number of rotatable bonds is 5. The number of nitrogens with one attached hydrogen (secondary N) is 2. The first-order valence-corrected chi connectivity index (χ1v) is 7.80. The minimum absolute atomic E-state index is 0.0356. The van der Waals surface area contributed by atoms with Crippen molar-refractivity contribution in [2.24, 2.45) is 0 Å². The van der Waals surface area contributed by atoms with Crippen LogP contribution >= 0.6 is 15.9 Å². The van der Waals surface area contributed by atoms with E-state index in [4.69, 9.17) is 0 Å². The SMILES string of the molecule is CN(C)C(=O)NCCNC1CC(c2ccccc2Br)C1. The number of halogens is 1. The van der Waals surface area contributed by atoms with E-state index in [1.54, 1.807) is 19.0 Å². The highest BCUT2D eigenvalue weighted by atomic mass is 79.9. The molecular formula is C15H22BrN3O. The molecule has 1 aromatic rings. The van der Waals surface area contributed by atoms with Crippen LogP contribution in [0.5, 0.6) is 0 Å². The maximum atomic E-state index is 11.3. The molecule has 2 rings (SSSR count). The molecule has 1 aromatic carbocycles. The molecule has 1 aliphatic carbocycles. The summed E-state index contributed by atoms with van der Waals surface area (Å²) in [6.45, 7) is 1.50. The van der Waals surface area contributed by atoms with Crippen LogP contribution in [0.3, 0.4) is 0 Å². The van der Waals surface area contributed by atoms with Crippen molar-refractivity contribution in [1.29, 1.82) is 0 Å². The van der Waals surface area contributed by atoms with E-state index in [0.29, 0.717) is 18.5 Å². The molecule has 4 nitrogen and oxygen atoms in total. The van der Waals surface area contributed by atoms with Gasteiger partial charge in [0.2, 0.25) is 0 Å². The lowest BCUT2D eigenvalue weighted by atomic mass is 9.76. The fourth-order valence-corrected chi connectivity index (χ4v) is 3.06. The van der Waals surface area contributed by atoms with Crippen molar-refractivity contribution >= 4 is 22.0 Å². The van der Waals surface area contributed by atoms with Gasteiger partial charge in [-0.25, -0.2) is 4.79 Å². The Balaban J connectivity index is 1.63. The number of carbonyl (C=O) groups is 1. The van der Waals surface area contributed by atoms with E-state index < -0.39 is 0 Å². The zero-order chi connectivity index (χ0) is 14.5. The number of hydrogen-bond acceptors (Lipinski definition) is 2. The average Bonchev–Trinajstić information content (AvgIpc) is 2.37. The third kappa shape index (κ3) is 3.96. The zero-order valence-corrected chi connectivity index (χ0v) is 13.6. The Bertz CT molecular complexity index is 458. The number of benzene rings is 1. The van der Waals surface area contributed by atoms with Crippen LogP contribution in [-0.4, -0.2) is 44.2 Å². The molecule has 0 heterocycles. The molecule has 0 bridgehead atoms. The standard InChI is InChI=1S/C15H22BrN3O/c1-19(2)15(20)18-8-7-17-12-9-11(10-12)13-5-3-4-6-14(13)16/h3-6,11-12,17H,7-10H2,1-2H3,(H,18,20). The van der Waals surface area contributed by atoms with E-state index >= 15 is 0 Å². The molecule has 0 spiro atoms. The number of carbonyl (C=O) groups excluding carboxylic acids is 1. The number of amides is 2. The Morgan fingerprint density at radius 1 is 1.30 bits per heavy atom. The Labute approximate surface area is 129 Å². The lowest BCUT2D eigenvalue weighted by molar-refractivity contribution is 0.216. The van der Waals surface area contributed by atoms with Crippen LogP contribution in [0, 0.1) is 0 Å². The second-order valence-corrected chi connectivity index (χ2v) is 6.32. The first-order chi connectivity index (χ1) is 9.58. The van der Waals surface area contributed by atoms with Crippen LogP contribution in [-0.2, 0) is 0 Å². The maximum Gasteiger partial charge on any atom is 0.316 e. The molecule has 2 amide bonds. The van der Waals surface area contributed by atoms with Crippen molar-refractivity contribution in [2.45, 2.75) is 24.8 Å². The second kappa shape index (κ2) is 7.09. The highest BCUT2D eigenvalue weighted by Crippen LogP contribution is 2.39. The van der Waals surface area contributed by atoms with Crippen LogP contribution in [0.1, 0.15) is 24.3 Å². The third-order valence-electron chi connectivity index (χ3n) is 3.72. The summed E-state index contributed by atoms with van der Waals surface area (Å²) in [6.07, 6.45) is 2.34. The molecule has 1 aliphatic rings. The predicted octanol–water partition coefficient (Wildman–Crippen LogP) is 2.56. The maximum absolute atomic E-state index is 11.3. The monoisotopic (exact) mass is 339 g/mol. The first kappa shape index (κ1) is 15.3. The molecule has 0 unspecified atom stereocenters. The van der Waals surface area contributed by atoms with Crippen LogP contribution in [0.4, 0.5) is 4.79 Å². The molecule has 1 saturated carbocycles. The summed E-state index contributed by atoms with van der Waals surface area (Å²) in [5, 5.41) is 6.34. The molecular weight excluding hydrogens is 318 g/mol. The van der Waals surface area contributed by atoms with E-state index in [0.717, 1.165) is 6.54 Å². The van der Waals surface area contributed by atoms with E-state index in [2.05, 4.69) is 50.8 Å². The highest BCUT2D eigenvalue weighted by molar-refractivity contribution is 9.10. The normalized spacial score (nSPS) is 21.1. The van der Waals surface area contributed by atoms with Crippen molar-refractivity contribution in [3.8, 4) is 0 Å². The summed E-state index contributed by atoms with van der Waals surface area (Å²) in [5.41, 5.74) is 1.41. The first-order valence-electron chi connectivity index (χ1n) is 7.01. The smallest absolute Gasteiger partial charge is 0.316 e. The molecule has 5 heteroatoms. The summed E-state index contributed by atoms with van der Waals surface area (Å²) in [6, 6.07) is 8.98. The second-order valence-electron chi connectivity index (χ2n) is 5.47. The third-order valence-corrected chi connectivity index (χ3v) is 4.45. The minimum atomic E-state index is -0.0356. The Kier molecular flexibility index (Phi) is 5.43. The van der Waals surface area contributed by atoms with Crippen molar-refractivity contribution in [1.82, 2.24) is 15.5 Å². The fourth-order valence-electron chi connectivity index (χ4n) is 2.45. The Hall–Kier alpha value is -1.07. The van der Waals surface area contributed by atoms with Gasteiger partial charge in [-0.15, -0.1) is 0 Å². The summed E-state index contributed by atoms with van der Waals surface area (Å²) in [5.74, 6) is 0.652. The van der Waals surface area contributed by atoms with Crippen molar-refractivity contribution < 1.29 is 4.79 Å². The van der Waals surface area contributed by atoms with Crippen LogP contribution in [0.15, 0.2) is 28.7 Å². The van der Waals surface area contributed by atoms with Gasteiger partial charge < -0.3 is 15.5 Å². The van der Waals surface area contributed by atoms with E-state index in [1.807, 2.05) is 0 Å². The number of hydrogen-bond donors (Lipinski definition) is 2. The van der Waals surface area contributed by atoms with Crippen molar-refractivity contribution in [3.63, 3.8) is 0 Å². The van der Waals surface area contributed by atoms with Crippen molar-refractivity contribution in [2.75, 3.05) is 27.2 Å². The van der Waals surface area contributed by atoms with Crippen LogP contribution in [0.2, 0.25) is 0 Å². The quantitative estimate of drug-likeness (QED) is 0.809. The van der Waals surface area contributed by atoms with Crippen LogP contribution < -0.4 is 10.6 Å². The Morgan fingerprint density at radius 2 is 2.00 bits per heavy atom. The zero-order valence-electron chi connectivity index (χ0n) is 12.0. The van der Waals surface area contributed by atoms with Gasteiger partial charge in [0.15, 0.2) is 0 Å². The Morgan fingerprint density at radius 3 is 2.65 bits per heavy atom. The molecule has 0 saturated heterocycles. The van der Waals surface area contributed by atoms with Gasteiger partial charge in [-0.05, 0) is 30.4 Å². The van der Waals surface area contributed by atoms with Crippen LogP contribution in [0.25, 0.3) is 0 Å². The molecule has 0 aliphatic heterocycles. The molecule has 0 atom stereocenters. The molecule has 2 N–H and O–H groups in total. The lowest BCUT2D eigenvalue weighted by Crippen LogP contribution is -2.44. The minimum Gasteiger partial charge on any atom is -0.337 e. The van der Waals surface area contributed by atoms with Gasteiger partial charge in [-0.3, -0.25) is 0 Å². The number of urea groups is 1. The van der Waals surface area contributed by atoms with Gasteiger partial charge in [0.1, 0.15) is 0 Å². The number of nitrogens with zero attached hydrogens (tertiary/aromatic N) is 1. The van der Waals surface area contributed by atoms with E-state index in [-0.39, 0.29) is 6.03 Å². The summed E-state index contributed by atoms with van der Waals surface area (Å²) >= 11 is 3.61. The average molecular weight is 340 g/mol. The van der Waals surface area contributed by atoms with E-state index in [9.17, 15) is 4.79 Å². The largest absolute Gasteiger partial charge is 0.337 e. The van der Waals surface area contributed by atoms with Gasteiger partial charge in [-0.2, -0.15) is 0 Å².